The number of ether oxygens (including phenoxy) is 1. The molecule has 0 unspecified atom stereocenters. The van der Waals surface area contributed by atoms with Crippen molar-refractivity contribution in [2.75, 3.05) is 24.3 Å². The molecule has 0 radical (unpaired) electrons. The second-order valence-corrected chi connectivity index (χ2v) is 4.66. The zero-order valence-corrected chi connectivity index (χ0v) is 12.6. The minimum Gasteiger partial charge on any atom is -0.497 e. The monoisotopic (exact) mass is 305 g/mol. The fourth-order valence-electron chi connectivity index (χ4n) is 1.84. The number of carbonyl (C=O) groups is 1. The molecule has 110 valence electrons. The van der Waals surface area contributed by atoms with Gasteiger partial charge < -0.3 is 15.4 Å². The van der Waals surface area contributed by atoms with Crippen LogP contribution < -0.4 is 15.4 Å². The zero-order chi connectivity index (χ0) is 15.2. The van der Waals surface area contributed by atoms with Gasteiger partial charge in [-0.1, -0.05) is 11.6 Å². The van der Waals surface area contributed by atoms with E-state index in [4.69, 9.17) is 16.3 Å². The second-order valence-electron chi connectivity index (χ2n) is 4.25. The molecule has 1 amide bonds. The van der Waals surface area contributed by atoms with Crippen LogP contribution in [-0.4, -0.2) is 24.5 Å². The summed E-state index contributed by atoms with van der Waals surface area (Å²) < 4.78 is 5.12. The topological polar surface area (TPSA) is 63.2 Å². The Morgan fingerprint density at radius 3 is 2.86 bits per heavy atom. The molecule has 0 aliphatic heterocycles. The molecule has 2 aromatic rings. The summed E-state index contributed by atoms with van der Waals surface area (Å²) in [6, 6.07) is 6.83. The molecule has 0 fully saturated rings. The number of hydrogen-bond acceptors (Lipinski definition) is 4. The SMILES string of the molecule is CCNc1ccncc1C(=O)Nc1cc(OC)ccc1Cl. The first kappa shape index (κ1) is 15.1. The van der Waals surface area contributed by atoms with Crippen LogP contribution in [0.25, 0.3) is 0 Å². The van der Waals surface area contributed by atoms with Crippen LogP contribution in [0.4, 0.5) is 11.4 Å². The summed E-state index contributed by atoms with van der Waals surface area (Å²) in [5.74, 6) is 0.335. The molecular formula is C15H16ClN3O2. The normalized spacial score (nSPS) is 10.0. The predicted octanol–water partition coefficient (Wildman–Crippen LogP) is 3.43. The van der Waals surface area contributed by atoms with E-state index in [0.29, 0.717) is 28.6 Å². The highest BCUT2D eigenvalue weighted by atomic mass is 35.5. The third-order valence-corrected chi connectivity index (χ3v) is 3.18. The van der Waals surface area contributed by atoms with Crippen LogP contribution in [0.5, 0.6) is 5.75 Å². The summed E-state index contributed by atoms with van der Waals surface area (Å²) in [4.78, 5) is 16.4. The maximum absolute atomic E-state index is 12.4. The van der Waals surface area contributed by atoms with Gasteiger partial charge in [0.15, 0.2) is 0 Å². The summed E-state index contributed by atoms with van der Waals surface area (Å²) in [6.45, 7) is 2.67. The Morgan fingerprint density at radius 1 is 1.33 bits per heavy atom. The van der Waals surface area contributed by atoms with Crippen LogP contribution in [0.3, 0.4) is 0 Å². The molecule has 0 aliphatic carbocycles. The van der Waals surface area contributed by atoms with Crippen LogP contribution in [-0.2, 0) is 0 Å². The van der Waals surface area contributed by atoms with E-state index in [2.05, 4.69) is 15.6 Å². The minimum absolute atomic E-state index is 0.283. The molecule has 6 heteroatoms. The van der Waals surface area contributed by atoms with Crippen molar-refractivity contribution in [1.29, 1.82) is 0 Å². The smallest absolute Gasteiger partial charge is 0.259 e. The number of amides is 1. The number of carbonyl (C=O) groups excluding carboxylic acids is 1. The van der Waals surface area contributed by atoms with Crippen molar-refractivity contribution < 1.29 is 9.53 Å². The van der Waals surface area contributed by atoms with E-state index in [1.54, 1.807) is 37.6 Å². The number of methoxy groups -OCH3 is 1. The van der Waals surface area contributed by atoms with Crippen molar-refractivity contribution in [3.8, 4) is 5.75 Å². The Kier molecular flexibility index (Phi) is 5.00. The number of nitrogens with zero attached hydrogens (tertiary/aromatic N) is 1. The number of pyridine rings is 1. The average Bonchev–Trinajstić information content (AvgIpc) is 2.50. The van der Waals surface area contributed by atoms with E-state index in [0.717, 1.165) is 5.69 Å². The van der Waals surface area contributed by atoms with Crippen LogP contribution in [0, 0.1) is 0 Å². The van der Waals surface area contributed by atoms with Gasteiger partial charge in [-0.3, -0.25) is 9.78 Å². The van der Waals surface area contributed by atoms with Crippen molar-refractivity contribution in [2.45, 2.75) is 6.92 Å². The Morgan fingerprint density at radius 2 is 2.14 bits per heavy atom. The summed E-state index contributed by atoms with van der Waals surface area (Å²) in [5.41, 5.74) is 1.68. The van der Waals surface area contributed by atoms with Gasteiger partial charge in [0.1, 0.15) is 5.75 Å². The highest BCUT2D eigenvalue weighted by Gasteiger charge is 2.13. The average molecular weight is 306 g/mol. The fourth-order valence-corrected chi connectivity index (χ4v) is 2.00. The fraction of sp³-hybridized carbons (Fsp3) is 0.200. The van der Waals surface area contributed by atoms with E-state index in [1.165, 1.54) is 6.20 Å². The number of nitrogens with one attached hydrogen (secondary N) is 2. The first-order valence-electron chi connectivity index (χ1n) is 6.48. The van der Waals surface area contributed by atoms with E-state index < -0.39 is 0 Å². The standard InChI is InChI=1S/C15H16ClN3O2/c1-3-18-13-6-7-17-9-11(13)15(20)19-14-8-10(21-2)4-5-12(14)16/h4-9H,3H2,1-2H3,(H,17,18)(H,19,20). The lowest BCUT2D eigenvalue weighted by Gasteiger charge is -2.12. The van der Waals surface area contributed by atoms with Gasteiger partial charge in [-0.25, -0.2) is 0 Å². The zero-order valence-electron chi connectivity index (χ0n) is 11.8. The van der Waals surface area contributed by atoms with Gasteiger partial charge in [-0.2, -0.15) is 0 Å². The van der Waals surface area contributed by atoms with Crippen molar-refractivity contribution in [1.82, 2.24) is 4.98 Å². The van der Waals surface area contributed by atoms with Crippen LogP contribution in [0.15, 0.2) is 36.7 Å². The van der Waals surface area contributed by atoms with Crippen molar-refractivity contribution >= 4 is 28.9 Å². The molecule has 5 nitrogen and oxygen atoms in total. The number of halogens is 1. The van der Waals surface area contributed by atoms with Crippen LogP contribution in [0.1, 0.15) is 17.3 Å². The number of hydrogen-bond donors (Lipinski definition) is 2. The molecule has 1 heterocycles. The number of aromatic nitrogens is 1. The molecule has 1 aromatic carbocycles. The lowest BCUT2D eigenvalue weighted by atomic mass is 10.2. The summed E-state index contributed by atoms with van der Waals surface area (Å²) in [7, 11) is 1.55. The molecule has 0 bridgehead atoms. The van der Waals surface area contributed by atoms with Gasteiger partial charge in [-0.15, -0.1) is 0 Å². The molecular weight excluding hydrogens is 290 g/mol. The van der Waals surface area contributed by atoms with Gasteiger partial charge in [0.2, 0.25) is 0 Å². The molecule has 0 saturated carbocycles. The quantitative estimate of drug-likeness (QED) is 0.888. The first-order valence-corrected chi connectivity index (χ1v) is 6.86. The Hall–Kier alpha value is -2.27. The summed E-state index contributed by atoms with van der Waals surface area (Å²) in [6.07, 6.45) is 3.15. The number of anilines is 2. The molecule has 0 atom stereocenters. The van der Waals surface area contributed by atoms with Crippen LogP contribution in [0.2, 0.25) is 5.02 Å². The third kappa shape index (κ3) is 3.64. The number of rotatable bonds is 5. The molecule has 21 heavy (non-hydrogen) atoms. The maximum atomic E-state index is 12.4. The molecule has 2 N–H and O–H groups in total. The first-order chi connectivity index (χ1) is 10.2. The van der Waals surface area contributed by atoms with Crippen molar-refractivity contribution in [3.05, 3.63) is 47.2 Å². The highest BCUT2D eigenvalue weighted by molar-refractivity contribution is 6.34. The molecule has 0 aliphatic rings. The van der Waals surface area contributed by atoms with Gasteiger partial charge in [0.05, 0.1) is 29.1 Å². The third-order valence-electron chi connectivity index (χ3n) is 2.85. The van der Waals surface area contributed by atoms with Gasteiger partial charge in [0.25, 0.3) is 5.91 Å². The highest BCUT2D eigenvalue weighted by Crippen LogP contribution is 2.27. The Labute approximate surface area is 128 Å². The lowest BCUT2D eigenvalue weighted by molar-refractivity contribution is 0.102. The second kappa shape index (κ2) is 6.95. The minimum atomic E-state index is -0.283. The summed E-state index contributed by atoms with van der Waals surface area (Å²) in [5, 5.41) is 6.33. The summed E-state index contributed by atoms with van der Waals surface area (Å²) >= 11 is 6.08. The lowest BCUT2D eigenvalue weighted by Crippen LogP contribution is -2.15. The molecule has 2 rings (SSSR count). The largest absolute Gasteiger partial charge is 0.497 e. The van der Waals surface area contributed by atoms with E-state index in [1.807, 2.05) is 6.92 Å². The molecule has 1 aromatic heterocycles. The Bertz CT molecular complexity index is 647. The van der Waals surface area contributed by atoms with Gasteiger partial charge in [-0.05, 0) is 25.1 Å². The van der Waals surface area contributed by atoms with Crippen LogP contribution >= 0.6 is 11.6 Å². The van der Waals surface area contributed by atoms with Crippen molar-refractivity contribution in [2.24, 2.45) is 0 Å². The molecule has 0 saturated heterocycles. The molecule has 0 spiro atoms. The van der Waals surface area contributed by atoms with Crippen molar-refractivity contribution in [3.63, 3.8) is 0 Å². The van der Waals surface area contributed by atoms with E-state index in [9.17, 15) is 4.79 Å². The van der Waals surface area contributed by atoms with Gasteiger partial charge >= 0.3 is 0 Å². The maximum Gasteiger partial charge on any atom is 0.259 e. The predicted molar refractivity (Wildman–Crippen MR) is 84.4 cm³/mol. The van der Waals surface area contributed by atoms with E-state index >= 15 is 0 Å². The number of benzene rings is 1. The van der Waals surface area contributed by atoms with Gasteiger partial charge in [0, 0.05) is 25.0 Å². The Balaban J connectivity index is 2.26. The van der Waals surface area contributed by atoms with E-state index in [-0.39, 0.29) is 5.91 Å².